The van der Waals surface area contributed by atoms with Gasteiger partial charge in [0.25, 0.3) is 0 Å². The van der Waals surface area contributed by atoms with Gasteiger partial charge in [0.05, 0.1) is 51.1 Å². The molecule has 0 aliphatic carbocycles. The quantitative estimate of drug-likeness (QED) is 0.316. The highest BCUT2D eigenvalue weighted by atomic mass is 32.1. The molecular weight excluding hydrogens is 531 g/mol. The summed E-state index contributed by atoms with van der Waals surface area (Å²) in [4.78, 5) is 36.7. The lowest BCUT2D eigenvalue weighted by Gasteiger charge is -2.16. The average molecular weight is 554 g/mol. The van der Waals surface area contributed by atoms with Gasteiger partial charge in [0.1, 0.15) is 21.9 Å². The summed E-state index contributed by atoms with van der Waals surface area (Å²) in [6.45, 7) is -0.270. The molecule has 38 heavy (non-hydrogen) atoms. The number of hydrogen-bond donors (Lipinski definition) is 3. The highest BCUT2D eigenvalue weighted by molar-refractivity contribution is 7.13. The number of amides is 2. The largest absolute Gasteiger partial charge is 0.496 e. The van der Waals surface area contributed by atoms with Gasteiger partial charge in [-0.15, -0.1) is 11.3 Å². The lowest BCUT2D eigenvalue weighted by Crippen LogP contribution is -2.22. The van der Waals surface area contributed by atoms with Gasteiger partial charge in [0, 0.05) is 18.0 Å². The molecule has 0 aliphatic heterocycles. The van der Waals surface area contributed by atoms with E-state index in [9.17, 15) is 27.6 Å². The lowest BCUT2D eigenvalue weighted by atomic mass is 10.1. The molecule has 0 atom stereocenters. The monoisotopic (exact) mass is 553 g/mol. The summed E-state index contributed by atoms with van der Waals surface area (Å²) in [6, 6.07) is 3.36. The molecule has 0 saturated carbocycles. The molecule has 0 saturated heterocycles. The van der Waals surface area contributed by atoms with E-state index in [1.54, 1.807) is 0 Å². The fraction of sp³-hybridized carbons (Fsp3) is 0.208. The summed E-state index contributed by atoms with van der Waals surface area (Å²) in [7, 11) is 4.78. The van der Waals surface area contributed by atoms with E-state index in [0.717, 1.165) is 37.7 Å². The molecule has 3 rings (SSSR count). The van der Waals surface area contributed by atoms with Crippen LogP contribution in [-0.4, -0.2) is 46.4 Å². The molecule has 2 aromatic carbocycles. The molecule has 0 aliphatic rings. The highest BCUT2D eigenvalue weighted by Gasteiger charge is 2.26. The van der Waals surface area contributed by atoms with E-state index in [2.05, 4.69) is 25.4 Å². The second-order valence-electron chi connectivity index (χ2n) is 7.34. The van der Waals surface area contributed by atoms with Gasteiger partial charge < -0.3 is 34.9 Å². The number of urea groups is 1. The number of halogens is 3. The zero-order valence-electron chi connectivity index (χ0n) is 20.5. The lowest BCUT2D eigenvalue weighted by molar-refractivity contribution is 0.0561. The van der Waals surface area contributed by atoms with Crippen LogP contribution in [0.15, 0.2) is 29.6 Å². The predicted octanol–water partition coefficient (Wildman–Crippen LogP) is 5.01. The third-order valence-corrected chi connectivity index (χ3v) is 6.13. The van der Waals surface area contributed by atoms with Crippen LogP contribution in [0.1, 0.15) is 25.6 Å². The molecule has 0 fully saturated rings. The van der Waals surface area contributed by atoms with Crippen LogP contribution >= 0.6 is 11.3 Å². The molecule has 3 aromatic rings. The van der Waals surface area contributed by atoms with Crippen molar-refractivity contribution in [2.24, 2.45) is 0 Å². The van der Waals surface area contributed by atoms with Gasteiger partial charge in [-0.05, 0) is 18.2 Å². The molecular formula is C24H22F3N3O7S. The Morgan fingerprint density at radius 1 is 0.816 bits per heavy atom. The second-order valence-corrected chi connectivity index (χ2v) is 8.22. The topological polar surface area (TPSA) is 124 Å². The Morgan fingerprint density at radius 3 is 2.11 bits per heavy atom. The van der Waals surface area contributed by atoms with Crippen molar-refractivity contribution in [1.29, 1.82) is 0 Å². The number of benzene rings is 2. The molecule has 2 amide bonds. The van der Waals surface area contributed by atoms with E-state index >= 15 is 0 Å². The van der Waals surface area contributed by atoms with Crippen molar-refractivity contribution in [2.75, 3.05) is 44.4 Å². The number of carbonyl (C=O) groups excluding carboxylic acids is 3. The molecule has 0 spiro atoms. The van der Waals surface area contributed by atoms with E-state index in [1.807, 2.05) is 0 Å². The molecule has 3 N–H and O–H groups in total. The number of methoxy groups -OCH3 is 4. The Kier molecular flexibility index (Phi) is 9.02. The normalized spacial score (nSPS) is 10.4. The van der Waals surface area contributed by atoms with Gasteiger partial charge in [-0.25, -0.2) is 27.6 Å². The number of thiophene rings is 1. The fourth-order valence-corrected chi connectivity index (χ4v) is 4.25. The smallest absolute Gasteiger partial charge is 0.349 e. The molecule has 0 radical (unpaired) electrons. The van der Waals surface area contributed by atoms with Gasteiger partial charge in [-0.3, -0.25) is 0 Å². The molecule has 10 nitrogen and oxygen atoms in total. The number of carbonyl (C=O) groups is 3. The van der Waals surface area contributed by atoms with Crippen LogP contribution in [0, 0.1) is 17.5 Å². The highest BCUT2D eigenvalue weighted by Crippen LogP contribution is 2.33. The maximum Gasteiger partial charge on any atom is 0.349 e. The van der Waals surface area contributed by atoms with Crippen LogP contribution in [0.25, 0.3) is 0 Å². The summed E-state index contributed by atoms with van der Waals surface area (Å²) in [5.41, 5.74) is -0.613. The summed E-state index contributed by atoms with van der Waals surface area (Å²) >= 11 is 0.835. The van der Waals surface area contributed by atoms with Crippen LogP contribution in [0.2, 0.25) is 0 Å². The van der Waals surface area contributed by atoms with E-state index in [0.29, 0.717) is 0 Å². The van der Waals surface area contributed by atoms with E-state index in [-0.39, 0.29) is 51.1 Å². The number of esters is 2. The number of ether oxygens (including phenoxy) is 4. The van der Waals surface area contributed by atoms with Gasteiger partial charge in [-0.1, -0.05) is 0 Å². The molecule has 1 heterocycles. The van der Waals surface area contributed by atoms with Crippen molar-refractivity contribution in [2.45, 2.75) is 6.54 Å². The Labute approximate surface area is 218 Å². The minimum atomic E-state index is -1.13. The Hall–Kier alpha value is -4.46. The number of anilines is 3. The zero-order chi connectivity index (χ0) is 28.0. The van der Waals surface area contributed by atoms with Gasteiger partial charge in [0.15, 0.2) is 17.5 Å². The summed E-state index contributed by atoms with van der Waals surface area (Å²) < 4.78 is 62.3. The first-order valence-electron chi connectivity index (χ1n) is 10.6. The van der Waals surface area contributed by atoms with Crippen LogP contribution < -0.4 is 25.4 Å². The molecule has 0 bridgehead atoms. The maximum absolute atomic E-state index is 14.7. The van der Waals surface area contributed by atoms with E-state index in [1.165, 1.54) is 31.7 Å². The van der Waals surface area contributed by atoms with Crippen molar-refractivity contribution in [3.05, 3.63) is 63.1 Å². The van der Waals surface area contributed by atoms with Crippen molar-refractivity contribution in [1.82, 2.24) is 0 Å². The van der Waals surface area contributed by atoms with E-state index in [4.69, 9.17) is 9.47 Å². The van der Waals surface area contributed by atoms with Gasteiger partial charge in [0.2, 0.25) is 0 Å². The molecule has 202 valence electrons. The summed E-state index contributed by atoms with van der Waals surface area (Å²) in [5.74, 6) is -4.71. The standard InChI is InChI=1S/C24H22F3N3O7S/c1-34-17-6-5-12(25)20(27)11(17)9-28-15-8-14(13(26)7-18(15)35-2)29-24(33)30-16-10-38-21(23(32)37-4)19(16)22(31)36-3/h5-8,10,28H,9H2,1-4H3,(H2,29,30,33). The van der Waals surface area contributed by atoms with Crippen molar-refractivity contribution in [3.63, 3.8) is 0 Å². The van der Waals surface area contributed by atoms with Crippen LogP contribution in [0.5, 0.6) is 11.5 Å². The first kappa shape index (κ1) is 28.1. The van der Waals surface area contributed by atoms with E-state index < -0.39 is 35.4 Å². The van der Waals surface area contributed by atoms with Crippen LogP contribution in [-0.2, 0) is 16.0 Å². The predicted molar refractivity (Wildman–Crippen MR) is 133 cm³/mol. The van der Waals surface area contributed by atoms with Crippen molar-refractivity contribution in [3.8, 4) is 11.5 Å². The molecule has 0 unspecified atom stereocenters. The van der Waals surface area contributed by atoms with Crippen LogP contribution in [0.4, 0.5) is 35.0 Å². The number of rotatable bonds is 9. The zero-order valence-corrected chi connectivity index (χ0v) is 21.3. The Balaban J connectivity index is 1.85. The first-order valence-corrected chi connectivity index (χ1v) is 11.5. The minimum absolute atomic E-state index is 0.0118. The first-order chi connectivity index (χ1) is 18.1. The minimum Gasteiger partial charge on any atom is -0.496 e. The maximum atomic E-state index is 14.7. The SMILES string of the molecule is COC(=O)c1scc(NC(=O)Nc2cc(NCc3c(OC)ccc(F)c3F)c(OC)cc2F)c1C(=O)OC. The number of hydrogen-bond acceptors (Lipinski definition) is 9. The third-order valence-electron chi connectivity index (χ3n) is 5.17. The third kappa shape index (κ3) is 5.91. The van der Waals surface area contributed by atoms with Crippen LogP contribution in [0.3, 0.4) is 0 Å². The van der Waals surface area contributed by atoms with Crippen molar-refractivity contribution >= 4 is 46.4 Å². The summed E-state index contributed by atoms with van der Waals surface area (Å²) in [6.07, 6.45) is 0. The summed E-state index contributed by atoms with van der Waals surface area (Å²) in [5, 5.41) is 8.77. The molecule has 1 aromatic heterocycles. The van der Waals surface area contributed by atoms with Crippen molar-refractivity contribution < 1.29 is 46.5 Å². The number of nitrogens with one attached hydrogen (secondary N) is 3. The average Bonchev–Trinajstić information content (AvgIpc) is 3.32. The van der Waals surface area contributed by atoms with Gasteiger partial charge in [-0.2, -0.15) is 0 Å². The molecule has 14 heteroatoms. The Bertz CT molecular complexity index is 1380. The fourth-order valence-electron chi connectivity index (χ4n) is 3.35. The Morgan fingerprint density at radius 2 is 1.47 bits per heavy atom. The second kappa shape index (κ2) is 12.2. The van der Waals surface area contributed by atoms with Gasteiger partial charge >= 0.3 is 18.0 Å².